The Kier molecular flexibility index (Phi) is 6.98. The highest BCUT2D eigenvalue weighted by Gasteiger charge is 2.22. The van der Waals surface area contributed by atoms with Gasteiger partial charge in [-0.3, -0.25) is 4.79 Å². The summed E-state index contributed by atoms with van der Waals surface area (Å²) in [4.78, 5) is 12.4. The maximum Gasteiger partial charge on any atom is 0.242 e. The van der Waals surface area contributed by atoms with Gasteiger partial charge >= 0.3 is 0 Å². The third-order valence-corrected chi connectivity index (χ3v) is 5.65. The fourth-order valence-electron chi connectivity index (χ4n) is 2.54. The van der Waals surface area contributed by atoms with Crippen LogP contribution in [0, 0.1) is 6.92 Å². The zero-order valence-electron chi connectivity index (χ0n) is 16.1. The molecule has 0 heterocycles. The van der Waals surface area contributed by atoms with Gasteiger partial charge in [-0.1, -0.05) is 19.1 Å². The number of sulfonamides is 1. The Morgan fingerprint density at radius 2 is 1.78 bits per heavy atom. The lowest BCUT2D eigenvalue weighted by Crippen LogP contribution is -2.41. The standard InChI is InChI=1S/C20H26N2O4S/c1-5-16-7-9-17(10-8-16)21-20(23)15(4)22-27(24,25)18-11-12-19(26-6-2)14(3)13-18/h7-13,15,22H,5-6H2,1-4H3,(H,21,23)/t15-/m1/s1. The molecule has 2 N–H and O–H groups in total. The molecule has 0 aromatic heterocycles. The summed E-state index contributed by atoms with van der Waals surface area (Å²) in [6.45, 7) is 7.70. The molecule has 0 aliphatic heterocycles. The number of benzene rings is 2. The van der Waals surface area contributed by atoms with Gasteiger partial charge in [-0.15, -0.1) is 0 Å². The highest BCUT2D eigenvalue weighted by molar-refractivity contribution is 7.89. The second-order valence-corrected chi connectivity index (χ2v) is 7.96. The number of ether oxygens (including phenoxy) is 1. The van der Waals surface area contributed by atoms with Crippen molar-refractivity contribution < 1.29 is 17.9 Å². The number of amides is 1. The van der Waals surface area contributed by atoms with E-state index in [1.54, 1.807) is 25.1 Å². The molecule has 2 aromatic carbocycles. The van der Waals surface area contributed by atoms with Crippen LogP contribution in [0.5, 0.6) is 5.75 Å². The summed E-state index contributed by atoms with van der Waals surface area (Å²) < 4.78 is 33.0. The average molecular weight is 391 g/mol. The van der Waals surface area contributed by atoms with Crippen molar-refractivity contribution in [3.05, 3.63) is 53.6 Å². The summed E-state index contributed by atoms with van der Waals surface area (Å²) >= 11 is 0. The van der Waals surface area contributed by atoms with Crippen molar-refractivity contribution in [3.63, 3.8) is 0 Å². The van der Waals surface area contributed by atoms with Gasteiger partial charge in [-0.25, -0.2) is 8.42 Å². The van der Waals surface area contributed by atoms with E-state index >= 15 is 0 Å². The molecule has 1 amide bonds. The van der Waals surface area contributed by atoms with Crippen LogP contribution in [-0.2, 0) is 21.2 Å². The first-order valence-corrected chi connectivity index (χ1v) is 10.4. The topological polar surface area (TPSA) is 84.5 Å². The molecule has 6 nitrogen and oxygen atoms in total. The van der Waals surface area contributed by atoms with Crippen LogP contribution in [0.1, 0.15) is 31.9 Å². The molecule has 2 aromatic rings. The van der Waals surface area contributed by atoms with Crippen LogP contribution in [0.3, 0.4) is 0 Å². The van der Waals surface area contributed by atoms with Gasteiger partial charge in [0.1, 0.15) is 5.75 Å². The van der Waals surface area contributed by atoms with Crippen molar-refractivity contribution in [2.75, 3.05) is 11.9 Å². The van der Waals surface area contributed by atoms with Crippen molar-refractivity contribution in [1.82, 2.24) is 4.72 Å². The third-order valence-electron chi connectivity index (χ3n) is 4.11. The van der Waals surface area contributed by atoms with Gasteiger partial charge < -0.3 is 10.1 Å². The number of hydrogen-bond acceptors (Lipinski definition) is 4. The first-order chi connectivity index (χ1) is 12.8. The summed E-state index contributed by atoms with van der Waals surface area (Å²) in [6, 6.07) is 11.1. The molecule has 27 heavy (non-hydrogen) atoms. The molecular weight excluding hydrogens is 364 g/mol. The van der Waals surface area contributed by atoms with E-state index in [9.17, 15) is 13.2 Å². The molecule has 0 saturated carbocycles. The van der Waals surface area contributed by atoms with Gasteiger partial charge in [0.05, 0.1) is 17.5 Å². The van der Waals surface area contributed by atoms with Crippen LogP contribution >= 0.6 is 0 Å². The number of nitrogens with one attached hydrogen (secondary N) is 2. The van der Waals surface area contributed by atoms with E-state index < -0.39 is 22.0 Å². The van der Waals surface area contributed by atoms with Gasteiger partial charge in [0.25, 0.3) is 0 Å². The van der Waals surface area contributed by atoms with Crippen LogP contribution in [0.25, 0.3) is 0 Å². The first-order valence-electron chi connectivity index (χ1n) is 8.92. The Morgan fingerprint density at radius 1 is 1.11 bits per heavy atom. The van der Waals surface area contributed by atoms with Crippen molar-refractivity contribution in [1.29, 1.82) is 0 Å². The van der Waals surface area contributed by atoms with E-state index in [0.29, 0.717) is 23.6 Å². The summed E-state index contributed by atoms with van der Waals surface area (Å²) in [6.07, 6.45) is 0.909. The molecule has 0 fully saturated rings. The molecular formula is C20H26N2O4S. The van der Waals surface area contributed by atoms with Crippen LogP contribution in [0.2, 0.25) is 0 Å². The summed E-state index contributed by atoms with van der Waals surface area (Å²) in [7, 11) is -3.83. The lowest BCUT2D eigenvalue weighted by molar-refractivity contribution is -0.117. The normalized spacial score (nSPS) is 12.4. The lowest BCUT2D eigenvalue weighted by atomic mass is 10.1. The predicted molar refractivity (Wildman–Crippen MR) is 107 cm³/mol. The number of aryl methyl sites for hydroxylation is 2. The molecule has 146 valence electrons. The van der Waals surface area contributed by atoms with E-state index in [0.717, 1.165) is 12.0 Å². The van der Waals surface area contributed by atoms with Crippen molar-refractivity contribution >= 4 is 21.6 Å². The Bertz CT molecular complexity index is 893. The molecule has 2 rings (SSSR count). The molecule has 1 atom stereocenters. The molecule has 0 saturated heterocycles. The summed E-state index contributed by atoms with van der Waals surface area (Å²) in [5.41, 5.74) is 2.50. The van der Waals surface area contributed by atoms with E-state index in [1.807, 2.05) is 26.0 Å². The lowest BCUT2D eigenvalue weighted by Gasteiger charge is -2.15. The molecule has 0 unspecified atom stereocenters. The van der Waals surface area contributed by atoms with Crippen LogP contribution < -0.4 is 14.8 Å². The smallest absolute Gasteiger partial charge is 0.242 e. The Morgan fingerprint density at radius 3 is 2.33 bits per heavy atom. The van der Waals surface area contributed by atoms with Gasteiger partial charge in [0, 0.05) is 5.69 Å². The maximum absolute atomic E-state index is 12.6. The fourth-order valence-corrected chi connectivity index (χ4v) is 3.82. The number of rotatable bonds is 8. The summed E-state index contributed by atoms with van der Waals surface area (Å²) in [5, 5.41) is 2.72. The van der Waals surface area contributed by atoms with E-state index in [1.165, 1.54) is 19.1 Å². The molecule has 0 aliphatic rings. The Hall–Kier alpha value is -2.38. The molecule has 7 heteroatoms. The molecule has 0 aliphatic carbocycles. The predicted octanol–water partition coefficient (Wildman–Crippen LogP) is 3.26. The number of hydrogen-bond donors (Lipinski definition) is 2. The van der Waals surface area contributed by atoms with Gasteiger partial charge in [0.2, 0.25) is 15.9 Å². The van der Waals surface area contributed by atoms with E-state index in [2.05, 4.69) is 10.0 Å². The quantitative estimate of drug-likeness (QED) is 0.725. The van der Waals surface area contributed by atoms with Crippen molar-refractivity contribution in [3.8, 4) is 5.75 Å². The Balaban J connectivity index is 2.07. The van der Waals surface area contributed by atoms with E-state index in [-0.39, 0.29) is 4.90 Å². The average Bonchev–Trinajstić information content (AvgIpc) is 2.63. The number of anilines is 1. The number of carbonyl (C=O) groups is 1. The third kappa shape index (κ3) is 5.55. The maximum atomic E-state index is 12.6. The minimum Gasteiger partial charge on any atom is -0.494 e. The van der Waals surface area contributed by atoms with Crippen molar-refractivity contribution in [2.24, 2.45) is 0 Å². The van der Waals surface area contributed by atoms with Gasteiger partial charge in [0.15, 0.2) is 0 Å². The first kappa shape index (κ1) is 20.9. The second-order valence-electron chi connectivity index (χ2n) is 6.24. The fraction of sp³-hybridized carbons (Fsp3) is 0.350. The highest BCUT2D eigenvalue weighted by atomic mass is 32.2. The van der Waals surface area contributed by atoms with Gasteiger partial charge in [-0.2, -0.15) is 4.72 Å². The minimum atomic E-state index is -3.83. The largest absolute Gasteiger partial charge is 0.494 e. The van der Waals surface area contributed by atoms with Gasteiger partial charge in [-0.05, 0) is 68.7 Å². The molecule has 0 radical (unpaired) electrons. The zero-order valence-corrected chi connectivity index (χ0v) is 16.9. The second kappa shape index (κ2) is 9.01. The minimum absolute atomic E-state index is 0.0930. The molecule has 0 bridgehead atoms. The summed E-state index contributed by atoms with van der Waals surface area (Å²) in [5.74, 6) is 0.211. The SMILES string of the molecule is CCOc1ccc(S(=O)(=O)N[C@H](C)C(=O)Nc2ccc(CC)cc2)cc1C. The highest BCUT2D eigenvalue weighted by Crippen LogP contribution is 2.22. The Labute approximate surface area is 161 Å². The monoisotopic (exact) mass is 390 g/mol. The zero-order chi connectivity index (χ0) is 20.0. The molecule has 0 spiro atoms. The van der Waals surface area contributed by atoms with Crippen LogP contribution in [0.4, 0.5) is 5.69 Å². The van der Waals surface area contributed by atoms with Crippen LogP contribution in [0.15, 0.2) is 47.4 Å². The van der Waals surface area contributed by atoms with Crippen LogP contribution in [-0.4, -0.2) is 27.0 Å². The van der Waals surface area contributed by atoms with E-state index in [4.69, 9.17) is 4.74 Å². The number of carbonyl (C=O) groups excluding carboxylic acids is 1. The van der Waals surface area contributed by atoms with Crippen molar-refractivity contribution in [2.45, 2.75) is 45.1 Å².